The Labute approximate surface area is 133 Å². The summed E-state index contributed by atoms with van der Waals surface area (Å²) >= 11 is 0. The maximum atomic E-state index is 8.74. The molecule has 0 aliphatic rings. The van der Waals surface area contributed by atoms with Crippen LogP contribution in [0.5, 0.6) is 0 Å². The molecule has 0 spiro atoms. The van der Waals surface area contributed by atoms with Crippen LogP contribution in [0.4, 0.5) is 0 Å². The molecule has 1 radical (unpaired) electrons. The van der Waals surface area contributed by atoms with Crippen LogP contribution in [-0.2, 0) is 50.8 Å². The molecule has 0 bridgehead atoms. The van der Waals surface area contributed by atoms with Crippen molar-refractivity contribution in [1.29, 1.82) is 0 Å². The Morgan fingerprint density at radius 3 is 0.833 bits per heavy atom. The average Bonchev–Trinajstić information content (AvgIpc) is 1.25. The van der Waals surface area contributed by atoms with E-state index >= 15 is 0 Å². The number of hydrogen-bond donors (Lipinski definition) is 4. The molecule has 0 saturated heterocycles. The summed E-state index contributed by atoms with van der Waals surface area (Å²) in [7, 11) is -6.26. The summed E-state index contributed by atoms with van der Waals surface area (Å²) in [5, 5.41) is 0. The Balaban J connectivity index is -0.0000000112. The van der Waals surface area contributed by atoms with Gasteiger partial charge in [0.05, 0.1) is 0 Å². The van der Waals surface area contributed by atoms with Crippen LogP contribution in [0.15, 0.2) is 0 Å². The van der Waals surface area contributed by atoms with Crippen molar-refractivity contribution in [2.45, 2.75) is 0 Å². The molecule has 0 heterocycles. The maximum Gasteiger partial charge on any atom is 0 e. The molecular formula is H8AgAlNaO6Si2Zn. The minimum atomic E-state index is -3.13. The molecule has 12 heteroatoms. The summed E-state index contributed by atoms with van der Waals surface area (Å²) in [5.41, 5.74) is 0. The molecule has 6 nitrogen and oxygen atoms in total. The summed E-state index contributed by atoms with van der Waals surface area (Å²) in [6.45, 7) is 0. The first kappa shape index (κ1) is 36.9. The molecule has 0 aromatic carbocycles. The van der Waals surface area contributed by atoms with Crippen LogP contribution in [0.25, 0.3) is 0 Å². The molecule has 0 atom stereocenters. The fourth-order valence-corrected chi connectivity index (χ4v) is 0. The fourth-order valence-electron chi connectivity index (χ4n) is 0. The van der Waals surface area contributed by atoms with E-state index in [0.717, 1.165) is 0 Å². The average molecular weight is 383 g/mol. The Morgan fingerprint density at radius 1 is 0.833 bits per heavy atom. The van der Waals surface area contributed by atoms with Gasteiger partial charge in [-0.2, -0.15) is 0 Å². The first-order chi connectivity index (χ1) is 3.46. The van der Waals surface area contributed by atoms with Crippen molar-refractivity contribution in [3.8, 4) is 0 Å². The normalized spacial score (nSPS) is 4.00. The molecule has 12 heavy (non-hydrogen) atoms. The second kappa shape index (κ2) is 29.2. The first-order valence-electron chi connectivity index (χ1n) is 1.30. The molecule has 0 aromatic heterocycles. The van der Waals surface area contributed by atoms with Crippen LogP contribution in [0.2, 0.25) is 0 Å². The molecule has 0 rings (SSSR count). The third kappa shape index (κ3) is 331. The number of rotatable bonds is 0. The molecule has 0 aromatic rings. The Morgan fingerprint density at radius 2 is 0.833 bits per heavy atom. The zero-order valence-electron chi connectivity index (χ0n) is 4.61. The zero-order chi connectivity index (χ0) is 7.15. The van der Waals surface area contributed by atoms with Gasteiger partial charge in [-0.3, -0.25) is 8.92 Å². The SMILES string of the molecule is O=[Si](O)O.O=[Si](O)O.[Ag].[AlH3].[NaH].[Zn]. The van der Waals surface area contributed by atoms with Crippen molar-refractivity contribution < 1.29 is 70.0 Å². The molecule has 0 unspecified atom stereocenters. The first-order valence-corrected chi connectivity index (χ1v) is 3.91. The third-order valence-corrected chi connectivity index (χ3v) is 0. The molecule has 69 valence electrons. The maximum absolute atomic E-state index is 8.74. The largest absolute Gasteiger partial charge is 0 e. The summed E-state index contributed by atoms with van der Waals surface area (Å²) in [5.74, 6) is 0. The van der Waals surface area contributed by atoms with Gasteiger partial charge in [-0.1, -0.05) is 0 Å². The van der Waals surface area contributed by atoms with Crippen LogP contribution < -0.4 is 0 Å². The van der Waals surface area contributed by atoms with E-state index in [0.29, 0.717) is 0 Å². The van der Waals surface area contributed by atoms with Gasteiger partial charge in [0.1, 0.15) is 0 Å². The van der Waals surface area contributed by atoms with Crippen molar-refractivity contribution in [1.82, 2.24) is 0 Å². The van der Waals surface area contributed by atoms with E-state index in [1.54, 1.807) is 0 Å². The summed E-state index contributed by atoms with van der Waals surface area (Å²) in [4.78, 5) is 28.6. The van der Waals surface area contributed by atoms with Gasteiger partial charge in [-0.05, 0) is 0 Å². The van der Waals surface area contributed by atoms with Gasteiger partial charge in [0.25, 0.3) is 0 Å². The van der Waals surface area contributed by atoms with Crippen molar-refractivity contribution in [3.63, 3.8) is 0 Å². The monoisotopic (exact) mass is 381 g/mol. The predicted octanol–water partition coefficient (Wildman–Crippen LogP) is -5.06. The van der Waals surface area contributed by atoms with Crippen LogP contribution in [-0.4, -0.2) is 84.4 Å². The molecule has 0 amide bonds. The van der Waals surface area contributed by atoms with Crippen LogP contribution in [0, 0.1) is 0 Å². The van der Waals surface area contributed by atoms with Crippen molar-refractivity contribution in [2.24, 2.45) is 0 Å². The van der Waals surface area contributed by atoms with Gasteiger partial charge in [-0.25, -0.2) is 0 Å². The minimum absolute atomic E-state index is 0. The van der Waals surface area contributed by atoms with Gasteiger partial charge < -0.3 is 19.2 Å². The molecular weight excluding hydrogens is 375 g/mol. The molecule has 0 aliphatic carbocycles. The quantitative estimate of drug-likeness (QED) is 0.311. The second-order valence-electron chi connectivity index (χ2n) is 0.565. The Kier molecular flexibility index (Phi) is 89.8. The van der Waals surface area contributed by atoms with Gasteiger partial charge in [0.2, 0.25) is 0 Å². The van der Waals surface area contributed by atoms with E-state index in [-0.39, 0.29) is 88.8 Å². The Hall–Kier alpha value is 2.13. The van der Waals surface area contributed by atoms with Gasteiger partial charge in [0, 0.05) is 41.9 Å². The standard InChI is InChI=1S/Ag.Al.Na.2H2O3Si.Zn.4H/c;;;2*1-4(2)3;;;;;/h;;;2*1-2H;;;;;. The summed E-state index contributed by atoms with van der Waals surface area (Å²) in [6.07, 6.45) is 0. The van der Waals surface area contributed by atoms with E-state index < -0.39 is 18.3 Å². The summed E-state index contributed by atoms with van der Waals surface area (Å²) in [6, 6.07) is 0. The van der Waals surface area contributed by atoms with Crippen LogP contribution in [0.1, 0.15) is 0 Å². The van der Waals surface area contributed by atoms with E-state index in [1.165, 1.54) is 0 Å². The van der Waals surface area contributed by atoms with E-state index in [9.17, 15) is 0 Å². The van der Waals surface area contributed by atoms with E-state index in [2.05, 4.69) is 0 Å². The van der Waals surface area contributed by atoms with Crippen LogP contribution in [0.3, 0.4) is 0 Å². The van der Waals surface area contributed by atoms with Crippen molar-refractivity contribution in [2.75, 3.05) is 0 Å². The zero-order valence-corrected chi connectivity index (χ0v) is 11.1. The van der Waals surface area contributed by atoms with E-state index in [1.807, 2.05) is 0 Å². The minimum Gasteiger partial charge on any atom is 0 e. The van der Waals surface area contributed by atoms with Crippen molar-refractivity contribution >= 4 is 65.3 Å². The molecule has 0 fully saturated rings. The number of hydrogen-bond acceptors (Lipinski definition) is 2. The predicted molar refractivity (Wildman–Crippen MR) is 38.8 cm³/mol. The fraction of sp³-hybridized carbons (Fsp3) is 0. The smallest absolute Gasteiger partial charge is 0 e. The topological polar surface area (TPSA) is 115 Å². The van der Waals surface area contributed by atoms with Crippen LogP contribution >= 0.6 is 0 Å². The van der Waals surface area contributed by atoms with Gasteiger partial charge >= 0.3 is 47.9 Å². The van der Waals surface area contributed by atoms with Gasteiger partial charge in [-0.15, -0.1) is 0 Å². The third-order valence-electron chi connectivity index (χ3n) is 0. The second-order valence-corrected chi connectivity index (χ2v) is 1.70. The van der Waals surface area contributed by atoms with E-state index in [4.69, 9.17) is 28.1 Å². The molecule has 4 N–H and O–H groups in total. The van der Waals surface area contributed by atoms with Crippen molar-refractivity contribution in [3.05, 3.63) is 0 Å². The Bertz CT molecular complexity index is 83.5. The summed E-state index contributed by atoms with van der Waals surface area (Å²) < 4.78 is 17.5. The molecule has 0 saturated carbocycles. The van der Waals surface area contributed by atoms with Gasteiger partial charge in [0.15, 0.2) is 17.4 Å². The molecule has 0 aliphatic heterocycles.